The highest BCUT2D eigenvalue weighted by atomic mass is 35.5. The van der Waals surface area contributed by atoms with E-state index in [-0.39, 0.29) is 22.1 Å². The van der Waals surface area contributed by atoms with Gasteiger partial charge in [0.05, 0.1) is 12.0 Å². The molecule has 0 aliphatic carbocycles. The molecule has 2 rings (SSSR count). The van der Waals surface area contributed by atoms with Crippen LogP contribution in [0.1, 0.15) is 10.4 Å². The van der Waals surface area contributed by atoms with Gasteiger partial charge in [-0.1, -0.05) is 11.6 Å². The van der Waals surface area contributed by atoms with E-state index in [4.69, 9.17) is 20.5 Å². The molecule has 0 radical (unpaired) electrons. The van der Waals surface area contributed by atoms with E-state index in [1.54, 1.807) is 0 Å². The summed E-state index contributed by atoms with van der Waals surface area (Å²) in [4.78, 5) is 20.3. The highest BCUT2D eigenvalue weighted by Gasteiger charge is 2.23. The fourth-order valence-corrected chi connectivity index (χ4v) is 2.93. The topological polar surface area (TPSA) is 113 Å². The SMILES string of the molecule is COc1cc(C=O)ccc1OS(=O)(=O)c1ccc(Cl)c([N+](=O)[O-])c1. The molecule has 0 saturated carbocycles. The third-order valence-electron chi connectivity index (χ3n) is 2.93. The maximum atomic E-state index is 12.3. The first-order chi connectivity index (χ1) is 11.3. The van der Waals surface area contributed by atoms with Gasteiger partial charge in [0.2, 0.25) is 0 Å². The van der Waals surface area contributed by atoms with E-state index < -0.39 is 25.6 Å². The standard InChI is InChI=1S/C14H10ClNO7S/c1-22-14-6-9(8-17)2-5-13(14)23-24(20,21)10-3-4-11(15)12(7-10)16(18)19/h2-8H,1H3. The normalized spacial score (nSPS) is 10.9. The number of nitro groups is 1. The van der Waals surface area contributed by atoms with E-state index in [0.717, 1.165) is 18.2 Å². The molecule has 0 unspecified atom stereocenters. The van der Waals surface area contributed by atoms with Gasteiger partial charge < -0.3 is 8.92 Å². The zero-order valence-corrected chi connectivity index (χ0v) is 13.7. The number of benzene rings is 2. The number of nitrogens with zero attached hydrogens (tertiary/aromatic N) is 1. The molecule has 10 heteroatoms. The highest BCUT2D eigenvalue weighted by Crippen LogP contribution is 2.32. The smallest absolute Gasteiger partial charge is 0.339 e. The van der Waals surface area contributed by atoms with Crippen molar-refractivity contribution in [1.82, 2.24) is 0 Å². The molecule has 0 bridgehead atoms. The Morgan fingerprint density at radius 2 is 1.88 bits per heavy atom. The van der Waals surface area contributed by atoms with Crippen LogP contribution in [0.5, 0.6) is 11.5 Å². The average Bonchev–Trinajstić information content (AvgIpc) is 2.54. The molecule has 2 aromatic carbocycles. The van der Waals surface area contributed by atoms with E-state index >= 15 is 0 Å². The fourth-order valence-electron chi connectivity index (χ4n) is 1.78. The number of ether oxygens (including phenoxy) is 1. The van der Waals surface area contributed by atoms with Crippen molar-refractivity contribution >= 4 is 33.7 Å². The molecule has 2 aromatic rings. The predicted molar refractivity (Wildman–Crippen MR) is 84.3 cm³/mol. The number of methoxy groups -OCH3 is 1. The molecule has 0 N–H and O–H groups in total. The van der Waals surface area contributed by atoms with Crippen LogP contribution in [0.2, 0.25) is 5.02 Å². The Balaban J connectivity index is 2.44. The third-order valence-corrected chi connectivity index (χ3v) is 4.48. The first kappa shape index (κ1) is 17.7. The quantitative estimate of drug-likeness (QED) is 0.332. The number of carbonyl (C=O) groups is 1. The van der Waals surface area contributed by atoms with Crippen molar-refractivity contribution in [2.45, 2.75) is 4.90 Å². The van der Waals surface area contributed by atoms with Crippen molar-refractivity contribution in [3.63, 3.8) is 0 Å². The second kappa shape index (κ2) is 6.85. The Kier molecular flexibility index (Phi) is 5.05. The fraction of sp³-hybridized carbons (Fsp3) is 0.0714. The molecule has 0 aromatic heterocycles. The lowest BCUT2D eigenvalue weighted by Gasteiger charge is -2.11. The number of hydrogen-bond donors (Lipinski definition) is 0. The van der Waals surface area contributed by atoms with Crippen LogP contribution in [0, 0.1) is 10.1 Å². The van der Waals surface area contributed by atoms with E-state index in [9.17, 15) is 23.3 Å². The molecule has 0 spiro atoms. The van der Waals surface area contributed by atoms with Gasteiger partial charge >= 0.3 is 10.1 Å². The highest BCUT2D eigenvalue weighted by molar-refractivity contribution is 7.87. The summed E-state index contributed by atoms with van der Waals surface area (Å²) in [6, 6.07) is 6.83. The maximum Gasteiger partial charge on any atom is 0.339 e. The number of hydrogen-bond acceptors (Lipinski definition) is 7. The number of aldehydes is 1. The summed E-state index contributed by atoms with van der Waals surface area (Å²) in [6.45, 7) is 0. The van der Waals surface area contributed by atoms with Crippen LogP contribution >= 0.6 is 11.6 Å². The van der Waals surface area contributed by atoms with Gasteiger partial charge in [0.1, 0.15) is 16.2 Å². The van der Waals surface area contributed by atoms with Crippen molar-refractivity contribution < 1.29 is 27.1 Å². The van der Waals surface area contributed by atoms with Gasteiger partial charge in [0, 0.05) is 11.6 Å². The molecule has 0 aliphatic heterocycles. The molecular formula is C14H10ClNO7S. The average molecular weight is 372 g/mol. The summed E-state index contributed by atoms with van der Waals surface area (Å²) in [5.41, 5.74) is -0.302. The summed E-state index contributed by atoms with van der Waals surface area (Å²) in [5.74, 6) is -0.146. The van der Waals surface area contributed by atoms with Gasteiger partial charge in [-0.3, -0.25) is 14.9 Å². The van der Waals surface area contributed by atoms with E-state index in [1.165, 1.54) is 25.3 Å². The number of carbonyl (C=O) groups excluding carboxylic acids is 1. The van der Waals surface area contributed by atoms with Crippen LogP contribution in [0.4, 0.5) is 5.69 Å². The number of rotatable bonds is 6. The van der Waals surface area contributed by atoms with Gasteiger partial charge in [0.25, 0.3) is 5.69 Å². The summed E-state index contributed by atoms with van der Waals surface area (Å²) in [6.07, 6.45) is 0.559. The Morgan fingerprint density at radius 1 is 1.17 bits per heavy atom. The van der Waals surface area contributed by atoms with Gasteiger partial charge in [0.15, 0.2) is 11.5 Å². The molecule has 0 amide bonds. The van der Waals surface area contributed by atoms with Gasteiger partial charge in [-0.25, -0.2) is 0 Å². The van der Waals surface area contributed by atoms with Crippen molar-refractivity contribution in [2.75, 3.05) is 7.11 Å². The first-order valence-electron chi connectivity index (χ1n) is 6.30. The third kappa shape index (κ3) is 3.63. The van der Waals surface area contributed by atoms with Crippen LogP contribution < -0.4 is 8.92 Å². The van der Waals surface area contributed by atoms with Crippen LogP contribution in [-0.4, -0.2) is 26.7 Å². The van der Waals surface area contributed by atoms with Crippen molar-refractivity contribution in [3.05, 3.63) is 57.1 Å². The summed E-state index contributed by atoms with van der Waals surface area (Å²) in [5, 5.41) is 10.7. The summed E-state index contributed by atoms with van der Waals surface area (Å²) >= 11 is 5.65. The molecule has 8 nitrogen and oxygen atoms in total. The Hall–Kier alpha value is -2.65. The maximum absolute atomic E-state index is 12.3. The van der Waals surface area contributed by atoms with Crippen LogP contribution in [-0.2, 0) is 10.1 Å². The van der Waals surface area contributed by atoms with Crippen LogP contribution in [0.15, 0.2) is 41.3 Å². The second-order valence-electron chi connectivity index (χ2n) is 4.44. The minimum absolute atomic E-state index is 0.0200. The Bertz CT molecular complexity index is 911. The molecule has 0 fully saturated rings. The molecule has 0 saturated heterocycles. The monoisotopic (exact) mass is 371 g/mol. The summed E-state index contributed by atoms with van der Waals surface area (Å²) < 4.78 is 34.5. The van der Waals surface area contributed by atoms with E-state index in [2.05, 4.69) is 0 Å². The minimum atomic E-state index is -4.37. The number of nitro benzene ring substituents is 1. The molecule has 0 aliphatic rings. The minimum Gasteiger partial charge on any atom is -0.493 e. The lowest BCUT2D eigenvalue weighted by atomic mass is 10.2. The first-order valence-corrected chi connectivity index (χ1v) is 8.09. The van der Waals surface area contributed by atoms with Crippen molar-refractivity contribution in [2.24, 2.45) is 0 Å². The largest absolute Gasteiger partial charge is 0.493 e. The zero-order chi connectivity index (χ0) is 17.9. The molecule has 126 valence electrons. The Labute approximate surface area is 141 Å². The molecule has 24 heavy (non-hydrogen) atoms. The molecular weight excluding hydrogens is 362 g/mol. The molecule has 0 atom stereocenters. The zero-order valence-electron chi connectivity index (χ0n) is 12.1. The van der Waals surface area contributed by atoms with Crippen LogP contribution in [0.3, 0.4) is 0 Å². The van der Waals surface area contributed by atoms with Crippen LogP contribution in [0.25, 0.3) is 0 Å². The lowest BCUT2D eigenvalue weighted by Crippen LogP contribution is -2.11. The Morgan fingerprint density at radius 3 is 2.46 bits per heavy atom. The van der Waals surface area contributed by atoms with Gasteiger partial charge in [-0.15, -0.1) is 0 Å². The van der Waals surface area contributed by atoms with Crippen molar-refractivity contribution in [3.8, 4) is 11.5 Å². The second-order valence-corrected chi connectivity index (χ2v) is 6.39. The number of halogens is 1. The van der Waals surface area contributed by atoms with Gasteiger partial charge in [-0.2, -0.15) is 8.42 Å². The lowest BCUT2D eigenvalue weighted by molar-refractivity contribution is -0.384. The van der Waals surface area contributed by atoms with Gasteiger partial charge in [-0.05, 0) is 30.3 Å². The van der Waals surface area contributed by atoms with E-state index in [0.29, 0.717) is 6.29 Å². The van der Waals surface area contributed by atoms with Crippen molar-refractivity contribution in [1.29, 1.82) is 0 Å². The van der Waals surface area contributed by atoms with E-state index in [1.807, 2.05) is 0 Å². The molecule has 0 heterocycles. The predicted octanol–water partition coefficient (Wildman–Crippen LogP) is 2.84. The summed E-state index contributed by atoms with van der Waals surface area (Å²) in [7, 11) is -3.10.